The van der Waals surface area contributed by atoms with E-state index in [1.165, 1.54) is 38.1 Å². The molecule has 2 atom stereocenters. The summed E-state index contributed by atoms with van der Waals surface area (Å²) in [4.78, 5) is 12.0. The highest BCUT2D eigenvalue weighted by Gasteiger charge is 2.30. The summed E-state index contributed by atoms with van der Waals surface area (Å²) in [6, 6.07) is 5.01. The van der Waals surface area contributed by atoms with E-state index in [2.05, 4.69) is 32.9 Å². The molecule has 0 saturated carbocycles. The summed E-state index contributed by atoms with van der Waals surface area (Å²) in [5.41, 5.74) is 2.10. The molecule has 21 heavy (non-hydrogen) atoms. The maximum atomic E-state index is 4.96. The van der Waals surface area contributed by atoms with Crippen LogP contribution in [0.3, 0.4) is 0 Å². The lowest BCUT2D eigenvalue weighted by Gasteiger charge is -2.33. The second-order valence-electron chi connectivity index (χ2n) is 6.32. The summed E-state index contributed by atoms with van der Waals surface area (Å²) in [6.07, 6.45) is 6.87. The molecule has 2 aliphatic heterocycles. The minimum absolute atomic E-state index is 0.438. The van der Waals surface area contributed by atoms with Gasteiger partial charge in [0, 0.05) is 12.7 Å². The van der Waals surface area contributed by atoms with Crippen molar-refractivity contribution in [1.29, 1.82) is 0 Å². The molecule has 2 aromatic rings. The van der Waals surface area contributed by atoms with Crippen LogP contribution in [0.5, 0.6) is 0 Å². The van der Waals surface area contributed by atoms with E-state index in [1.807, 2.05) is 12.3 Å². The van der Waals surface area contributed by atoms with Crippen molar-refractivity contribution in [3.8, 4) is 0 Å². The molecule has 112 valence electrons. The van der Waals surface area contributed by atoms with Gasteiger partial charge in [-0.3, -0.25) is 4.90 Å². The van der Waals surface area contributed by atoms with Gasteiger partial charge in [0.25, 0.3) is 0 Å². The van der Waals surface area contributed by atoms with Crippen LogP contribution in [0.15, 0.2) is 18.3 Å². The lowest BCUT2D eigenvalue weighted by Crippen LogP contribution is -2.32. The van der Waals surface area contributed by atoms with Crippen LogP contribution < -0.4 is 5.32 Å². The standard InChI is InChI=1S/C16H23N5/c1-20-10-3-2-6-14(20)16-19-13-5-4-8-18-15(13)21(16)12-7-9-17-11-12/h4-5,8,12,14,17H,2-3,6-7,9-11H2,1H3. The number of aromatic nitrogens is 3. The predicted molar refractivity (Wildman–Crippen MR) is 83.3 cm³/mol. The van der Waals surface area contributed by atoms with Crippen LogP contribution in [-0.4, -0.2) is 46.1 Å². The Morgan fingerprint density at radius 3 is 3.05 bits per heavy atom. The topological polar surface area (TPSA) is 46.0 Å². The van der Waals surface area contributed by atoms with Gasteiger partial charge in [-0.1, -0.05) is 6.42 Å². The van der Waals surface area contributed by atoms with Gasteiger partial charge in [-0.15, -0.1) is 0 Å². The molecule has 2 aromatic heterocycles. The monoisotopic (exact) mass is 285 g/mol. The van der Waals surface area contributed by atoms with Crippen LogP contribution in [-0.2, 0) is 0 Å². The highest BCUT2D eigenvalue weighted by Crippen LogP contribution is 2.33. The largest absolute Gasteiger partial charge is 0.315 e. The Balaban J connectivity index is 1.84. The maximum Gasteiger partial charge on any atom is 0.160 e. The molecule has 5 heteroatoms. The number of pyridine rings is 1. The molecule has 2 saturated heterocycles. The van der Waals surface area contributed by atoms with Crippen LogP contribution >= 0.6 is 0 Å². The van der Waals surface area contributed by atoms with Gasteiger partial charge in [0.15, 0.2) is 5.65 Å². The Bertz CT molecular complexity index is 629. The first-order valence-corrected chi connectivity index (χ1v) is 8.08. The molecule has 2 unspecified atom stereocenters. The fourth-order valence-electron chi connectivity index (χ4n) is 3.80. The SMILES string of the molecule is CN1CCCCC1c1nc2cccnc2n1C1CCNC1. The Kier molecular flexibility index (Phi) is 3.39. The quantitative estimate of drug-likeness (QED) is 0.918. The first kappa shape index (κ1) is 13.2. The molecule has 0 radical (unpaired) electrons. The summed E-state index contributed by atoms with van der Waals surface area (Å²) in [7, 11) is 2.23. The summed E-state index contributed by atoms with van der Waals surface area (Å²) in [6.45, 7) is 3.30. The summed E-state index contributed by atoms with van der Waals surface area (Å²) < 4.78 is 2.42. The molecule has 0 amide bonds. The minimum atomic E-state index is 0.438. The first-order valence-electron chi connectivity index (χ1n) is 8.08. The average molecular weight is 285 g/mol. The Labute approximate surface area is 125 Å². The van der Waals surface area contributed by atoms with Crippen LogP contribution in [0.1, 0.15) is 43.6 Å². The van der Waals surface area contributed by atoms with E-state index in [4.69, 9.17) is 4.98 Å². The molecule has 2 fully saturated rings. The smallest absolute Gasteiger partial charge is 0.160 e. The van der Waals surface area contributed by atoms with Gasteiger partial charge in [-0.05, 0) is 51.5 Å². The van der Waals surface area contributed by atoms with E-state index in [1.54, 1.807) is 0 Å². The van der Waals surface area contributed by atoms with Crippen molar-refractivity contribution in [3.05, 3.63) is 24.2 Å². The molecule has 0 aliphatic carbocycles. The number of hydrogen-bond donors (Lipinski definition) is 1. The van der Waals surface area contributed by atoms with Gasteiger partial charge in [0.05, 0.1) is 12.1 Å². The summed E-state index contributed by atoms with van der Waals surface area (Å²) >= 11 is 0. The lowest BCUT2D eigenvalue weighted by molar-refractivity contribution is 0.174. The summed E-state index contributed by atoms with van der Waals surface area (Å²) in [5, 5.41) is 3.48. The third kappa shape index (κ3) is 2.24. The van der Waals surface area contributed by atoms with Gasteiger partial charge >= 0.3 is 0 Å². The van der Waals surface area contributed by atoms with Gasteiger partial charge in [-0.25, -0.2) is 9.97 Å². The van der Waals surface area contributed by atoms with Crippen molar-refractivity contribution in [2.45, 2.75) is 37.8 Å². The van der Waals surface area contributed by atoms with Gasteiger partial charge in [0.1, 0.15) is 11.3 Å². The van der Waals surface area contributed by atoms with Crippen molar-refractivity contribution in [1.82, 2.24) is 24.8 Å². The predicted octanol–water partition coefficient (Wildman–Crippen LogP) is 2.12. The third-order valence-corrected chi connectivity index (χ3v) is 4.94. The van der Waals surface area contributed by atoms with Gasteiger partial charge in [0.2, 0.25) is 0 Å². The number of rotatable bonds is 2. The molecule has 4 heterocycles. The number of hydrogen-bond acceptors (Lipinski definition) is 4. The number of nitrogens with one attached hydrogen (secondary N) is 1. The zero-order chi connectivity index (χ0) is 14.2. The molecular formula is C16H23N5. The maximum absolute atomic E-state index is 4.96. The van der Waals surface area contributed by atoms with Crippen molar-refractivity contribution in [2.75, 3.05) is 26.7 Å². The second kappa shape index (κ2) is 5.39. The molecule has 1 N–H and O–H groups in total. The van der Waals surface area contributed by atoms with E-state index >= 15 is 0 Å². The zero-order valence-electron chi connectivity index (χ0n) is 12.6. The number of nitrogens with zero attached hydrogens (tertiary/aromatic N) is 4. The average Bonchev–Trinajstić information content (AvgIpc) is 3.14. The number of piperidine rings is 1. The fourth-order valence-corrected chi connectivity index (χ4v) is 3.80. The van der Waals surface area contributed by atoms with Crippen molar-refractivity contribution in [3.63, 3.8) is 0 Å². The van der Waals surface area contributed by atoms with Crippen LogP contribution in [0.25, 0.3) is 11.2 Å². The minimum Gasteiger partial charge on any atom is -0.315 e. The van der Waals surface area contributed by atoms with E-state index < -0.39 is 0 Å². The Morgan fingerprint density at radius 2 is 2.24 bits per heavy atom. The van der Waals surface area contributed by atoms with Crippen molar-refractivity contribution >= 4 is 11.2 Å². The lowest BCUT2D eigenvalue weighted by atomic mass is 10.0. The van der Waals surface area contributed by atoms with Crippen LogP contribution in [0, 0.1) is 0 Å². The van der Waals surface area contributed by atoms with E-state index in [-0.39, 0.29) is 0 Å². The van der Waals surface area contributed by atoms with Gasteiger partial charge in [-0.2, -0.15) is 0 Å². The Hall–Kier alpha value is -1.46. The highest BCUT2D eigenvalue weighted by molar-refractivity contribution is 5.71. The van der Waals surface area contributed by atoms with E-state index in [9.17, 15) is 0 Å². The number of likely N-dealkylation sites (tertiary alicyclic amines) is 1. The van der Waals surface area contributed by atoms with E-state index in [0.717, 1.165) is 24.3 Å². The second-order valence-corrected chi connectivity index (χ2v) is 6.32. The first-order chi connectivity index (χ1) is 10.3. The molecule has 0 bridgehead atoms. The molecule has 0 aromatic carbocycles. The normalized spacial score (nSPS) is 27.5. The highest BCUT2D eigenvalue weighted by atomic mass is 15.2. The fraction of sp³-hybridized carbons (Fsp3) is 0.625. The number of imidazole rings is 1. The summed E-state index contributed by atoms with van der Waals surface area (Å²) in [5.74, 6) is 1.22. The van der Waals surface area contributed by atoms with E-state index in [0.29, 0.717) is 12.1 Å². The van der Waals surface area contributed by atoms with Crippen LogP contribution in [0.4, 0.5) is 0 Å². The molecule has 0 spiro atoms. The molecule has 4 rings (SSSR count). The van der Waals surface area contributed by atoms with Crippen molar-refractivity contribution < 1.29 is 0 Å². The van der Waals surface area contributed by atoms with Crippen LogP contribution in [0.2, 0.25) is 0 Å². The van der Waals surface area contributed by atoms with Gasteiger partial charge < -0.3 is 9.88 Å². The molecule has 2 aliphatic rings. The number of fused-ring (bicyclic) bond motifs is 1. The molecule has 5 nitrogen and oxygen atoms in total. The molecular weight excluding hydrogens is 262 g/mol. The zero-order valence-corrected chi connectivity index (χ0v) is 12.6. The van der Waals surface area contributed by atoms with Crippen molar-refractivity contribution in [2.24, 2.45) is 0 Å². The third-order valence-electron chi connectivity index (χ3n) is 4.94. The Morgan fingerprint density at radius 1 is 1.29 bits per heavy atom.